The van der Waals surface area contributed by atoms with E-state index in [1.54, 1.807) is 0 Å². The summed E-state index contributed by atoms with van der Waals surface area (Å²) < 4.78 is 5.90. The highest BCUT2D eigenvalue weighted by molar-refractivity contribution is 5.19. The lowest BCUT2D eigenvalue weighted by Crippen LogP contribution is -2.39. The first-order valence-electron chi connectivity index (χ1n) is 7.49. The third-order valence-corrected chi connectivity index (χ3v) is 4.79. The smallest absolute Gasteiger partial charge is 0.0634 e. The zero-order chi connectivity index (χ0) is 13.9. The zero-order valence-corrected chi connectivity index (χ0v) is 11.6. The highest BCUT2D eigenvalue weighted by atomic mass is 16.5. The van der Waals surface area contributed by atoms with E-state index in [4.69, 9.17) is 4.74 Å². The number of nitrogens with one attached hydrogen (secondary N) is 1. The van der Waals surface area contributed by atoms with Gasteiger partial charge in [0.15, 0.2) is 0 Å². The molecule has 0 saturated carbocycles. The predicted molar refractivity (Wildman–Crippen MR) is 76.2 cm³/mol. The van der Waals surface area contributed by atoms with Crippen molar-refractivity contribution in [3.8, 4) is 0 Å². The summed E-state index contributed by atoms with van der Waals surface area (Å²) in [5.41, 5.74) is 1.10. The van der Waals surface area contributed by atoms with Crippen molar-refractivity contribution in [2.45, 2.75) is 31.1 Å². The maximum Gasteiger partial charge on any atom is 0.0634 e. The van der Waals surface area contributed by atoms with Crippen molar-refractivity contribution in [1.82, 2.24) is 5.32 Å². The molecule has 0 spiro atoms. The van der Waals surface area contributed by atoms with E-state index < -0.39 is 0 Å². The number of aliphatic hydroxyl groups is 2. The van der Waals surface area contributed by atoms with Gasteiger partial charge in [-0.05, 0) is 18.4 Å². The molecule has 20 heavy (non-hydrogen) atoms. The molecule has 4 heteroatoms. The fraction of sp³-hybridized carbons (Fsp3) is 0.625. The van der Waals surface area contributed by atoms with E-state index in [9.17, 15) is 10.2 Å². The van der Waals surface area contributed by atoms with Crippen molar-refractivity contribution in [2.75, 3.05) is 19.8 Å². The second kappa shape index (κ2) is 6.22. The van der Waals surface area contributed by atoms with Crippen LogP contribution in [0.15, 0.2) is 30.3 Å². The molecule has 3 rings (SSSR count). The molecule has 1 aromatic carbocycles. The van der Waals surface area contributed by atoms with Crippen molar-refractivity contribution in [1.29, 1.82) is 0 Å². The monoisotopic (exact) mass is 277 g/mol. The molecule has 2 saturated heterocycles. The van der Waals surface area contributed by atoms with E-state index in [2.05, 4.69) is 5.32 Å². The summed E-state index contributed by atoms with van der Waals surface area (Å²) in [7, 11) is 0. The SMILES string of the molecule is OCC(NC[C@@H]1[C@H](CO)[C@@H]2CC[C@H]1O2)c1ccccc1. The van der Waals surface area contributed by atoms with Gasteiger partial charge in [0.2, 0.25) is 0 Å². The van der Waals surface area contributed by atoms with Crippen LogP contribution < -0.4 is 5.32 Å². The van der Waals surface area contributed by atoms with Gasteiger partial charge in [0, 0.05) is 25.0 Å². The summed E-state index contributed by atoms with van der Waals surface area (Å²) in [5, 5.41) is 22.5. The van der Waals surface area contributed by atoms with Crippen LogP contribution in [0, 0.1) is 11.8 Å². The number of aliphatic hydroxyl groups excluding tert-OH is 2. The van der Waals surface area contributed by atoms with Crippen molar-refractivity contribution >= 4 is 0 Å². The van der Waals surface area contributed by atoms with Crippen molar-refractivity contribution < 1.29 is 14.9 Å². The number of hydrogen-bond donors (Lipinski definition) is 3. The Bertz CT molecular complexity index is 425. The zero-order valence-electron chi connectivity index (χ0n) is 11.6. The lowest BCUT2D eigenvalue weighted by Gasteiger charge is -2.28. The summed E-state index contributed by atoms with van der Waals surface area (Å²) in [4.78, 5) is 0. The first kappa shape index (κ1) is 14.0. The van der Waals surface area contributed by atoms with Gasteiger partial charge >= 0.3 is 0 Å². The Hall–Kier alpha value is -0.940. The van der Waals surface area contributed by atoms with Crippen molar-refractivity contribution in [3.63, 3.8) is 0 Å². The molecule has 5 atom stereocenters. The molecule has 3 N–H and O–H groups in total. The molecule has 1 aromatic rings. The summed E-state index contributed by atoms with van der Waals surface area (Å²) in [6.07, 6.45) is 2.69. The topological polar surface area (TPSA) is 61.7 Å². The number of fused-ring (bicyclic) bond motifs is 2. The third-order valence-electron chi connectivity index (χ3n) is 4.79. The van der Waals surface area contributed by atoms with Crippen LogP contribution in [-0.4, -0.2) is 42.2 Å². The van der Waals surface area contributed by atoms with Crippen LogP contribution in [0.5, 0.6) is 0 Å². The van der Waals surface area contributed by atoms with Gasteiger partial charge in [-0.25, -0.2) is 0 Å². The first-order valence-corrected chi connectivity index (χ1v) is 7.49. The van der Waals surface area contributed by atoms with Crippen LogP contribution >= 0.6 is 0 Å². The number of hydrogen-bond acceptors (Lipinski definition) is 4. The summed E-state index contributed by atoms with van der Waals surface area (Å²) in [6.45, 7) is 1.06. The molecule has 0 aliphatic carbocycles. The quantitative estimate of drug-likeness (QED) is 0.728. The van der Waals surface area contributed by atoms with Crippen LogP contribution in [0.1, 0.15) is 24.4 Å². The third kappa shape index (κ3) is 2.61. The molecule has 2 aliphatic heterocycles. The maximum absolute atomic E-state index is 9.57. The molecule has 0 radical (unpaired) electrons. The fourth-order valence-electron chi connectivity index (χ4n) is 3.66. The average Bonchev–Trinajstić information content (AvgIpc) is 3.09. The van der Waals surface area contributed by atoms with Gasteiger partial charge in [-0.1, -0.05) is 30.3 Å². The van der Waals surface area contributed by atoms with Crippen LogP contribution in [0.3, 0.4) is 0 Å². The first-order chi connectivity index (χ1) is 9.83. The van der Waals surface area contributed by atoms with E-state index in [-0.39, 0.29) is 37.4 Å². The van der Waals surface area contributed by atoms with Gasteiger partial charge in [0.05, 0.1) is 24.9 Å². The molecular weight excluding hydrogens is 254 g/mol. The molecule has 2 heterocycles. The standard InChI is InChI=1S/C16H23NO3/c18-9-13-12(15-6-7-16(13)20-15)8-17-14(10-19)11-4-2-1-3-5-11/h1-5,12-19H,6-10H2/t12-,13+,14?,15-,16+/m1/s1. The van der Waals surface area contributed by atoms with E-state index in [0.29, 0.717) is 5.92 Å². The van der Waals surface area contributed by atoms with Crippen molar-refractivity contribution in [2.24, 2.45) is 11.8 Å². The Balaban J connectivity index is 1.61. The molecular formula is C16H23NO3. The molecule has 4 nitrogen and oxygen atoms in total. The van der Waals surface area contributed by atoms with Gasteiger partial charge < -0.3 is 20.3 Å². The number of benzene rings is 1. The highest BCUT2D eigenvalue weighted by Crippen LogP contribution is 2.43. The summed E-state index contributed by atoms with van der Waals surface area (Å²) in [5.74, 6) is 0.605. The molecule has 2 fully saturated rings. The minimum Gasteiger partial charge on any atom is -0.396 e. The van der Waals surface area contributed by atoms with E-state index in [1.807, 2.05) is 30.3 Å². The van der Waals surface area contributed by atoms with Crippen LogP contribution in [0.25, 0.3) is 0 Å². The van der Waals surface area contributed by atoms with Gasteiger partial charge in [-0.2, -0.15) is 0 Å². The van der Waals surface area contributed by atoms with Gasteiger partial charge in [-0.15, -0.1) is 0 Å². The van der Waals surface area contributed by atoms with Gasteiger partial charge in [-0.3, -0.25) is 0 Å². The molecule has 110 valence electrons. The lowest BCUT2D eigenvalue weighted by atomic mass is 9.79. The number of ether oxygens (including phenoxy) is 1. The minimum atomic E-state index is -0.0466. The van der Waals surface area contributed by atoms with E-state index in [1.165, 1.54) is 0 Å². The molecule has 2 aliphatic rings. The molecule has 2 bridgehead atoms. The van der Waals surface area contributed by atoms with E-state index >= 15 is 0 Å². The van der Waals surface area contributed by atoms with Crippen LogP contribution in [0.4, 0.5) is 0 Å². The fourth-order valence-corrected chi connectivity index (χ4v) is 3.66. The Morgan fingerprint density at radius 1 is 1.10 bits per heavy atom. The predicted octanol–water partition coefficient (Wildman–Crippen LogP) is 1.10. The largest absolute Gasteiger partial charge is 0.396 e. The van der Waals surface area contributed by atoms with Gasteiger partial charge in [0.25, 0.3) is 0 Å². The second-order valence-corrected chi connectivity index (χ2v) is 5.85. The lowest BCUT2D eigenvalue weighted by molar-refractivity contribution is 0.0785. The Labute approximate surface area is 119 Å². The van der Waals surface area contributed by atoms with Crippen LogP contribution in [-0.2, 0) is 4.74 Å². The summed E-state index contributed by atoms with van der Waals surface area (Å²) >= 11 is 0. The normalized spacial score (nSPS) is 33.5. The van der Waals surface area contributed by atoms with Crippen LogP contribution in [0.2, 0.25) is 0 Å². The second-order valence-electron chi connectivity index (χ2n) is 5.85. The van der Waals surface area contributed by atoms with E-state index in [0.717, 1.165) is 24.9 Å². The number of rotatable bonds is 6. The van der Waals surface area contributed by atoms with Crippen molar-refractivity contribution in [3.05, 3.63) is 35.9 Å². The minimum absolute atomic E-state index is 0.0466. The Kier molecular flexibility index (Phi) is 4.36. The molecule has 0 aromatic heterocycles. The highest BCUT2D eigenvalue weighted by Gasteiger charge is 2.48. The Morgan fingerprint density at radius 3 is 2.45 bits per heavy atom. The summed E-state index contributed by atoms with van der Waals surface area (Å²) in [6, 6.07) is 9.94. The van der Waals surface area contributed by atoms with Gasteiger partial charge in [0.1, 0.15) is 0 Å². The Morgan fingerprint density at radius 2 is 1.80 bits per heavy atom. The maximum atomic E-state index is 9.57. The molecule has 1 unspecified atom stereocenters. The molecule has 0 amide bonds. The average molecular weight is 277 g/mol.